The smallest absolute Gasteiger partial charge is 0.472 e. The maximum atomic E-state index is 13.7. The van der Waals surface area contributed by atoms with Gasteiger partial charge in [-0.3, -0.25) is 23.1 Å². The number of nitriles is 3. The van der Waals surface area contributed by atoms with Crippen LogP contribution >= 0.6 is 15.6 Å². The van der Waals surface area contributed by atoms with Gasteiger partial charge in [0, 0.05) is 18.2 Å². The van der Waals surface area contributed by atoms with E-state index in [2.05, 4.69) is 50.9 Å². The Hall–Kier alpha value is -7.60. The lowest BCUT2D eigenvalue weighted by Crippen LogP contribution is -2.45. The minimum Gasteiger partial charge on any atom is -0.495 e. The summed E-state index contributed by atoms with van der Waals surface area (Å²) in [6.45, 7) is 7.32. The van der Waals surface area contributed by atoms with E-state index in [1.165, 1.54) is 151 Å². The number of phosphoric ester groups is 2. The lowest BCUT2D eigenvalue weighted by Gasteiger charge is -2.28. The van der Waals surface area contributed by atoms with Crippen LogP contribution in [0.2, 0.25) is 0 Å². The van der Waals surface area contributed by atoms with Crippen LogP contribution in [0.15, 0.2) is 72.2 Å². The Morgan fingerprint density at radius 3 is 1.40 bits per heavy atom. The normalized spacial score (nSPS) is 20.8. The second kappa shape index (κ2) is 50.0. The zero-order valence-electron chi connectivity index (χ0n) is 69.5. The molecule has 2 saturated heterocycles. The first-order chi connectivity index (χ1) is 57.0. The number of anilines is 2. The van der Waals surface area contributed by atoms with Crippen molar-refractivity contribution >= 4 is 45.0 Å². The molecule has 2 unspecified atom stereocenters. The molecule has 0 aliphatic carbocycles. The Labute approximate surface area is 695 Å². The van der Waals surface area contributed by atoms with Gasteiger partial charge in [0.1, 0.15) is 138 Å². The van der Waals surface area contributed by atoms with Crippen LogP contribution in [0.1, 0.15) is 293 Å². The highest BCUT2D eigenvalue weighted by atomic mass is 31.2. The lowest BCUT2D eigenvalue weighted by molar-refractivity contribution is -0.106. The molecule has 652 valence electrons. The molecular weight excluding hydrogens is 1550 g/mol. The molecule has 6 aromatic rings. The van der Waals surface area contributed by atoms with Crippen molar-refractivity contribution in [1.29, 1.82) is 15.8 Å². The standard InChI is InChI=1S/C85H128N12O19P2/c1-6-7-8-9-10-11-12-13-14-17-20-24-27-30-33-36-39-42-66(56-109-118(104,105)111-59-85(91-4)81(101)77(99)79(116-85)70-46-48-72-83(90)93-61-95-97(70)72)114-67-51-74(106-5)68(54-87)75(52-67)107-49-40-37-34-31-28-25-22-19-16-15-18-21-23-26-29-32-35-38-41-65(113-64-44-43-63(53-86)73(50-64)112-62(2)3)55-108-117(102,103)110-58-84(57-88)80(100)76(98)78(115-84)69-45-47-71-82(89)92-60-94-96(69)71/h43-48,50-52,60-62,65-66,76-81,98-101H,4,6-42,49,55-56,58-59H2,1-3,5H3,(H,102,103)(H,104,105)(H2,89,92,94)(H2,90,93,95)/t65-,66-,76+,77+,78+,79+,80+,81+,84-,85-/m1/s1. The van der Waals surface area contributed by atoms with Crippen molar-refractivity contribution in [3.8, 4) is 47.0 Å². The van der Waals surface area contributed by atoms with Gasteiger partial charge in [0.15, 0.2) is 11.6 Å². The number of aliphatic hydroxyl groups is 4. The number of fused-ring (bicyclic) bond motifs is 2. The molecule has 6 heterocycles. The number of benzene rings is 2. The van der Waals surface area contributed by atoms with Crippen LogP contribution in [0.5, 0.6) is 28.7 Å². The number of hydrogen-bond acceptors (Lipinski definition) is 27. The molecule has 4 aromatic heterocycles. The average Bonchev–Trinajstić information content (AvgIpc) is 1.60. The van der Waals surface area contributed by atoms with Gasteiger partial charge >= 0.3 is 15.6 Å². The fraction of sp³-hybridized carbons (Fsp3) is 0.671. The molecule has 0 spiro atoms. The van der Waals surface area contributed by atoms with Crippen molar-refractivity contribution in [3.05, 3.63) is 89.8 Å². The van der Waals surface area contributed by atoms with Crippen LogP contribution in [-0.4, -0.2) is 160 Å². The molecule has 2 aromatic carbocycles. The molecule has 0 bridgehead atoms. The zero-order chi connectivity index (χ0) is 84.8. The number of nitrogen functional groups attached to an aromatic ring is 2. The van der Waals surface area contributed by atoms with Crippen LogP contribution in [0.3, 0.4) is 0 Å². The monoisotopic (exact) mass is 1680 g/mol. The van der Waals surface area contributed by atoms with E-state index >= 15 is 0 Å². The topological polar surface area (TPSA) is 453 Å². The van der Waals surface area contributed by atoms with Gasteiger partial charge in [0.25, 0.3) is 0 Å². The molecule has 10 N–H and O–H groups in total. The van der Waals surface area contributed by atoms with E-state index in [4.69, 9.17) is 62.7 Å². The van der Waals surface area contributed by atoms with E-state index < -0.39 is 95.6 Å². The third-order valence-corrected chi connectivity index (χ3v) is 23.7. The number of aliphatic imine (C=N–C) groups is 1. The Balaban J connectivity index is 0.704. The summed E-state index contributed by atoms with van der Waals surface area (Å²) in [5.41, 5.74) is 9.58. The van der Waals surface area contributed by atoms with E-state index in [0.717, 1.165) is 96.3 Å². The van der Waals surface area contributed by atoms with Crippen LogP contribution in [0, 0.1) is 34.0 Å². The number of nitrogens with zero attached hydrogens (tertiary/aromatic N) is 10. The Morgan fingerprint density at radius 2 is 0.958 bits per heavy atom. The van der Waals surface area contributed by atoms with Gasteiger partial charge in [-0.15, -0.1) is 0 Å². The van der Waals surface area contributed by atoms with Crippen molar-refractivity contribution < 1.29 is 90.6 Å². The van der Waals surface area contributed by atoms with E-state index in [9.17, 15) is 55.1 Å². The van der Waals surface area contributed by atoms with Crippen molar-refractivity contribution in [2.45, 2.75) is 325 Å². The summed E-state index contributed by atoms with van der Waals surface area (Å²) in [7, 11) is -8.40. The third kappa shape index (κ3) is 29.4. The Bertz CT molecular complexity index is 4230. The van der Waals surface area contributed by atoms with Crippen LogP contribution in [-0.2, 0) is 36.7 Å². The van der Waals surface area contributed by atoms with Crippen molar-refractivity contribution in [3.63, 3.8) is 0 Å². The fourth-order valence-corrected chi connectivity index (χ4v) is 16.7. The number of ether oxygens (including phenoxy) is 7. The first-order valence-electron chi connectivity index (χ1n) is 42.7. The van der Waals surface area contributed by atoms with Crippen molar-refractivity contribution in [2.24, 2.45) is 4.99 Å². The molecule has 0 amide bonds. The molecule has 8 rings (SSSR count). The highest BCUT2D eigenvalue weighted by Crippen LogP contribution is 2.51. The molecule has 118 heavy (non-hydrogen) atoms. The molecule has 2 aliphatic heterocycles. The summed E-state index contributed by atoms with van der Waals surface area (Å²) in [6.07, 6.45) is 32.3. The molecule has 33 heteroatoms. The maximum absolute atomic E-state index is 13.7. The van der Waals surface area contributed by atoms with E-state index in [0.29, 0.717) is 71.2 Å². The Kier molecular flexibility index (Phi) is 40.6. The molecular formula is C85H128N12O19P2. The maximum Gasteiger partial charge on any atom is 0.472 e. The fourth-order valence-electron chi connectivity index (χ4n) is 15.1. The molecule has 2 fully saturated rings. The van der Waals surface area contributed by atoms with Gasteiger partial charge in [-0.1, -0.05) is 212 Å². The van der Waals surface area contributed by atoms with E-state index in [1.54, 1.807) is 54.6 Å². The van der Waals surface area contributed by atoms with Gasteiger partial charge in [-0.05, 0) is 89.1 Å². The molecule has 0 saturated carbocycles. The lowest BCUT2D eigenvalue weighted by atomic mass is 9.96. The number of unbranched alkanes of at least 4 members (excludes halogenated alkanes) is 33. The summed E-state index contributed by atoms with van der Waals surface area (Å²) in [5.74, 6) is 1.87. The quantitative estimate of drug-likeness (QED) is 0.00998. The summed E-state index contributed by atoms with van der Waals surface area (Å²) in [6, 6.07) is 20.5. The van der Waals surface area contributed by atoms with Crippen LogP contribution in [0.4, 0.5) is 11.6 Å². The molecule has 31 nitrogen and oxygen atoms in total. The number of nitrogens with two attached hydrogens (primary N) is 2. The number of methoxy groups -OCH3 is 1. The third-order valence-electron chi connectivity index (χ3n) is 21.9. The number of rotatable bonds is 62. The first-order valence-corrected chi connectivity index (χ1v) is 45.7. The summed E-state index contributed by atoms with van der Waals surface area (Å²) < 4.78 is 94.4. The largest absolute Gasteiger partial charge is 0.495 e. The molecule has 12 atom stereocenters. The number of phosphoric acid groups is 2. The molecule has 2 aliphatic rings. The first kappa shape index (κ1) is 95.9. The van der Waals surface area contributed by atoms with Crippen LogP contribution in [0.25, 0.3) is 11.0 Å². The number of aromatic nitrogens is 6. The summed E-state index contributed by atoms with van der Waals surface area (Å²) in [5, 5.41) is 83.3. The SMILES string of the molecule is C=N[C@]1(COP(=O)(O)OC[C@@H](CCCCCCCCCCCCCCCCCCC)Oc2cc(OC)c(C#N)c(OCCCCCCCCCCCCCCCCCCCC[C@H](COP(=O)(O)OC[C@@]3(C#N)O[C@@H](c4ccc5c(N)ncnn45)[C@H](O)[C@@H]3O)Oc3ccc(C#N)c(OC(C)C)c3)c2)O[C@@H](c2ccc3c(N)ncnn23)[C@H](O)[C@@H]1O. The van der Waals surface area contributed by atoms with E-state index in [1.807, 2.05) is 19.9 Å². The summed E-state index contributed by atoms with van der Waals surface area (Å²) in [4.78, 5) is 34.0. The highest BCUT2D eigenvalue weighted by Gasteiger charge is 2.58. The second-order valence-electron chi connectivity index (χ2n) is 31.4. The van der Waals surface area contributed by atoms with Gasteiger partial charge in [0.2, 0.25) is 11.3 Å². The average molecular weight is 1680 g/mol. The van der Waals surface area contributed by atoms with Crippen LogP contribution < -0.4 is 35.2 Å². The predicted octanol–water partition coefficient (Wildman–Crippen LogP) is 16.4. The van der Waals surface area contributed by atoms with E-state index in [-0.39, 0.29) is 41.4 Å². The highest BCUT2D eigenvalue weighted by molar-refractivity contribution is 7.47. The Morgan fingerprint density at radius 1 is 0.534 bits per heavy atom. The van der Waals surface area contributed by atoms with Crippen molar-refractivity contribution in [2.75, 3.05) is 51.6 Å². The second-order valence-corrected chi connectivity index (χ2v) is 34.3. The summed E-state index contributed by atoms with van der Waals surface area (Å²) >= 11 is 0. The zero-order valence-corrected chi connectivity index (χ0v) is 71.3. The minimum absolute atomic E-state index is 0.149. The van der Waals surface area contributed by atoms with Gasteiger partial charge in [-0.2, -0.15) is 26.0 Å². The molecule has 0 radical (unpaired) electrons. The van der Waals surface area contributed by atoms with Gasteiger partial charge < -0.3 is 74.8 Å². The van der Waals surface area contributed by atoms with Crippen molar-refractivity contribution in [1.82, 2.24) is 29.2 Å². The minimum atomic E-state index is -4.94. The number of hydrogen-bond donors (Lipinski definition) is 8. The van der Waals surface area contributed by atoms with Gasteiger partial charge in [0.05, 0.1) is 50.0 Å². The predicted molar refractivity (Wildman–Crippen MR) is 446 cm³/mol. The number of aliphatic hydroxyl groups excluding tert-OH is 4. The van der Waals surface area contributed by atoms with Gasteiger partial charge in [-0.25, -0.2) is 28.1 Å².